The van der Waals surface area contributed by atoms with E-state index >= 15 is 0 Å². The van der Waals surface area contributed by atoms with Gasteiger partial charge in [0.25, 0.3) is 10.0 Å². The molecule has 0 unspecified atom stereocenters. The van der Waals surface area contributed by atoms with Crippen LogP contribution in [0.1, 0.15) is 37.7 Å². The molecule has 0 saturated carbocycles. The molecule has 2 aromatic carbocycles. The van der Waals surface area contributed by atoms with Crippen molar-refractivity contribution in [2.45, 2.75) is 37.0 Å². The first kappa shape index (κ1) is 21.6. The van der Waals surface area contributed by atoms with E-state index in [0.717, 1.165) is 23.6 Å². The molecule has 0 aromatic heterocycles. The maximum absolute atomic E-state index is 13.3. The predicted molar refractivity (Wildman–Crippen MR) is 116 cm³/mol. The van der Waals surface area contributed by atoms with Gasteiger partial charge in [0.2, 0.25) is 5.91 Å². The molecule has 0 fully saturated rings. The lowest BCUT2D eigenvalue weighted by Gasteiger charge is -2.24. The number of hydrogen-bond acceptors (Lipinski definition) is 4. The third-order valence-corrected chi connectivity index (χ3v) is 6.81. The van der Waals surface area contributed by atoms with Crippen molar-refractivity contribution in [3.8, 4) is 6.07 Å². The van der Waals surface area contributed by atoms with Crippen LogP contribution in [0.15, 0.2) is 71.1 Å². The molecule has 156 valence electrons. The number of carbonyl (C=O) groups excluding carboxylic acids is 1. The first-order valence-corrected chi connectivity index (χ1v) is 11.5. The molecule has 30 heavy (non-hydrogen) atoms. The number of anilines is 1. The van der Waals surface area contributed by atoms with Gasteiger partial charge >= 0.3 is 0 Å². The average Bonchev–Trinajstić information content (AvgIpc) is 2.78. The van der Waals surface area contributed by atoms with Crippen LogP contribution in [0.25, 0.3) is 0 Å². The van der Waals surface area contributed by atoms with Gasteiger partial charge in [-0.05, 0) is 62.4 Å². The fraction of sp³-hybridized carbons (Fsp3) is 0.304. The molecule has 1 aliphatic rings. The van der Waals surface area contributed by atoms with Gasteiger partial charge in [0.15, 0.2) is 0 Å². The number of nitriles is 1. The van der Waals surface area contributed by atoms with Gasteiger partial charge in [-0.1, -0.05) is 35.9 Å². The Bertz CT molecular complexity index is 1060. The minimum Gasteiger partial charge on any atom is -0.354 e. The second-order valence-corrected chi connectivity index (χ2v) is 9.06. The molecule has 1 N–H and O–H groups in total. The summed E-state index contributed by atoms with van der Waals surface area (Å²) in [4.78, 5) is 12.6. The van der Waals surface area contributed by atoms with Crippen LogP contribution in [0.3, 0.4) is 0 Å². The van der Waals surface area contributed by atoms with Gasteiger partial charge in [-0.2, -0.15) is 5.26 Å². The fourth-order valence-corrected chi connectivity index (χ4v) is 4.91. The Balaban J connectivity index is 1.76. The summed E-state index contributed by atoms with van der Waals surface area (Å²) in [6, 6.07) is 16.3. The number of hydrogen-bond donors (Lipinski definition) is 1. The smallest absolute Gasteiger partial charge is 0.264 e. The van der Waals surface area contributed by atoms with E-state index in [1.165, 1.54) is 36.6 Å². The maximum Gasteiger partial charge on any atom is 0.264 e. The predicted octanol–water partition coefficient (Wildman–Crippen LogP) is 3.76. The zero-order valence-electron chi connectivity index (χ0n) is 16.8. The van der Waals surface area contributed by atoms with Gasteiger partial charge in [-0.25, -0.2) is 8.42 Å². The van der Waals surface area contributed by atoms with Crippen molar-refractivity contribution in [3.63, 3.8) is 0 Å². The van der Waals surface area contributed by atoms with Crippen LogP contribution in [-0.4, -0.2) is 27.4 Å². The highest BCUT2D eigenvalue weighted by Crippen LogP contribution is 2.24. The molecule has 2 aromatic rings. The number of nitrogens with zero attached hydrogens (tertiary/aromatic N) is 2. The number of carbonyl (C=O) groups is 1. The summed E-state index contributed by atoms with van der Waals surface area (Å²) in [5.74, 6) is -0.365. The standard InChI is InChI=1S/C23H25N3O3S/c24-17-20-10-7-13-22(16-20)30(28,29)26(21-11-5-2-6-12-21)18-23(27)25-15-14-19-8-3-1-4-9-19/h2,5-8,10-13,16H,1,3-4,9,14-15,18H2,(H,25,27). The Hall–Kier alpha value is -3.11. The topological polar surface area (TPSA) is 90.3 Å². The minimum atomic E-state index is -4.02. The number of benzene rings is 2. The van der Waals surface area contributed by atoms with E-state index in [0.29, 0.717) is 12.2 Å². The van der Waals surface area contributed by atoms with Crippen molar-refractivity contribution in [1.82, 2.24) is 5.32 Å². The van der Waals surface area contributed by atoms with Crippen LogP contribution in [0, 0.1) is 11.3 Å². The Morgan fingerprint density at radius 2 is 1.90 bits per heavy atom. The van der Waals surface area contributed by atoms with Crippen molar-refractivity contribution in [2.24, 2.45) is 0 Å². The summed E-state index contributed by atoms with van der Waals surface area (Å²) < 4.78 is 27.7. The average molecular weight is 424 g/mol. The molecule has 0 atom stereocenters. The van der Waals surface area contributed by atoms with Crippen molar-refractivity contribution < 1.29 is 13.2 Å². The summed E-state index contributed by atoms with van der Waals surface area (Å²) in [5.41, 5.74) is 1.99. The molecule has 0 spiro atoms. The van der Waals surface area contributed by atoms with Gasteiger partial charge in [-0.15, -0.1) is 0 Å². The molecule has 0 saturated heterocycles. The Kier molecular flexibility index (Phi) is 7.26. The SMILES string of the molecule is N#Cc1cccc(S(=O)(=O)N(CC(=O)NCCC2=CCCCC2)c2ccccc2)c1. The summed E-state index contributed by atoms with van der Waals surface area (Å²) >= 11 is 0. The van der Waals surface area contributed by atoms with Gasteiger partial charge in [0.1, 0.15) is 6.54 Å². The first-order chi connectivity index (χ1) is 14.5. The number of allylic oxidation sites excluding steroid dienone is 1. The lowest BCUT2D eigenvalue weighted by atomic mass is 9.97. The number of sulfonamides is 1. The number of rotatable bonds is 8. The molecule has 0 radical (unpaired) electrons. The summed E-state index contributed by atoms with van der Waals surface area (Å²) in [6.45, 7) is 0.152. The van der Waals surface area contributed by atoms with E-state index < -0.39 is 10.0 Å². The molecule has 0 heterocycles. The van der Waals surface area contributed by atoms with Crippen molar-refractivity contribution in [1.29, 1.82) is 5.26 Å². The highest BCUT2D eigenvalue weighted by Gasteiger charge is 2.27. The van der Waals surface area contributed by atoms with Gasteiger partial charge < -0.3 is 5.32 Å². The molecule has 3 rings (SSSR count). The van der Waals surface area contributed by atoms with Gasteiger partial charge in [-0.3, -0.25) is 9.10 Å². The molecule has 1 aliphatic carbocycles. The second-order valence-electron chi connectivity index (χ2n) is 7.19. The number of para-hydroxylation sites is 1. The Labute approximate surface area is 177 Å². The van der Waals surface area contributed by atoms with Crippen LogP contribution in [0.2, 0.25) is 0 Å². The lowest BCUT2D eigenvalue weighted by Crippen LogP contribution is -2.41. The van der Waals surface area contributed by atoms with E-state index in [1.54, 1.807) is 36.4 Å². The second kappa shape index (κ2) is 10.1. The molecule has 6 nitrogen and oxygen atoms in total. The van der Waals surface area contributed by atoms with Crippen LogP contribution >= 0.6 is 0 Å². The Morgan fingerprint density at radius 3 is 2.60 bits per heavy atom. The zero-order valence-corrected chi connectivity index (χ0v) is 17.6. The Morgan fingerprint density at radius 1 is 1.10 bits per heavy atom. The third-order valence-electron chi connectivity index (χ3n) is 5.04. The van der Waals surface area contributed by atoms with Crippen molar-refractivity contribution in [3.05, 3.63) is 71.8 Å². The van der Waals surface area contributed by atoms with Crippen molar-refractivity contribution in [2.75, 3.05) is 17.4 Å². The summed E-state index contributed by atoms with van der Waals surface area (Å²) in [7, 11) is -4.02. The van der Waals surface area contributed by atoms with E-state index in [2.05, 4.69) is 11.4 Å². The molecule has 7 heteroatoms. The van der Waals surface area contributed by atoms with E-state index in [-0.39, 0.29) is 22.9 Å². The van der Waals surface area contributed by atoms with Gasteiger partial charge in [0.05, 0.1) is 22.2 Å². The van der Waals surface area contributed by atoms with Crippen LogP contribution in [0.5, 0.6) is 0 Å². The largest absolute Gasteiger partial charge is 0.354 e. The molecule has 0 bridgehead atoms. The summed E-state index contributed by atoms with van der Waals surface area (Å²) in [6.07, 6.45) is 7.57. The lowest BCUT2D eigenvalue weighted by molar-refractivity contribution is -0.119. The maximum atomic E-state index is 13.3. The van der Waals surface area contributed by atoms with Crippen LogP contribution in [0.4, 0.5) is 5.69 Å². The number of nitrogens with one attached hydrogen (secondary N) is 1. The fourth-order valence-electron chi connectivity index (χ4n) is 3.44. The minimum absolute atomic E-state index is 0.0226. The molecule has 1 amide bonds. The van der Waals surface area contributed by atoms with E-state index in [1.807, 2.05) is 6.07 Å². The zero-order chi connectivity index (χ0) is 21.4. The highest BCUT2D eigenvalue weighted by atomic mass is 32.2. The monoisotopic (exact) mass is 423 g/mol. The first-order valence-electron chi connectivity index (χ1n) is 10.0. The van der Waals surface area contributed by atoms with E-state index in [9.17, 15) is 13.2 Å². The van der Waals surface area contributed by atoms with Crippen LogP contribution < -0.4 is 9.62 Å². The van der Waals surface area contributed by atoms with Crippen molar-refractivity contribution >= 4 is 21.6 Å². The highest BCUT2D eigenvalue weighted by molar-refractivity contribution is 7.92. The molecular formula is C23H25N3O3S. The summed E-state index contributed by atoms with van der Waals surface area (Å²) in [5, 5.41) is 11.9. The molecular weight excluding hydrogens is 398 g/mol. The van der Waals surface area contributed by atoms with Crippen LogP contribution in [-0.2, 0) is 14.8 Å². The number of amides is 1. The molecule has 0 aliphatic heterocycles. The van der Waals surface area contributed by atoms with E-state index in [4.69, 9.17) is 5.26 Å². The normalized spacial score (nSPS) is 13.8. The quantitative estimate of drug-likeness (QED) is 0.655. The van der Waals surface area contributed by atoms with Gasteiger partial charge in [0, 0.05) is 6.54 Å². The third kappa shape index (κ3) is 5.49.